The number of aryl methyl sites for hydroxylation is 1. The van der Waals surface area contributed by atoms with Crippen LogP contribution in [0.2, 0.25) is 0 Å². The standard InChI is InChI=1S/C23H40N2O4S/c1-23(2,3)30(26,27)25-20-14-12-18(13-15-20)17-24-16-7-6-9-19-10-8-11-21(28-4)22(19)29-5/h8,10-11,18,20,24-25H,6-7,9,12-17H2,1-5H3. The van der Waals surface area contributed by atoms with Crippen molar-refractivity contribution in [3.63, 3.8) is 0 Å². The summed E-state index contributed by atoms with van der Waals surface area (Å²) in [6, 6.07) is 6.11. The van der Waals surface area contributed by atoms with Crippen LogP contribution in [0.25, 0.3) is 0 Å². The van der Waals surface area contributed by atoms with Gasteiger partial charge < -0.3 is 14.8 Å². The highest BCUT2D eigenvalue weighted by molar-refractivity contribution is 7.90. The van der Waals surface area contributed by atoms with Crippen LogP contribution in [0, 0.1) is 5.92 Å². The normalized spacial score (nSPS) is 20.2. The van der Waals surface area contributed by atoms with Gasteiger partial charge in [-0.15, -0.1) is 0 Å². The first kappa shape index (κ1) is 25.0. The molecule has 1 fully saturated rings. The van der Waals surface area contributed by atoms with Crippen LogP contribution in [-0.4, -0.2) is 46.5 Å². The second-order valence-corrected chi connectivity index (χ2v) is 11.7. The number of ether oxygens (including phenoxy) is 2. The third-order valence-corrected chi connectivity index (χ3v) is 8.20. The molecule has 0 heterocycles. The van der Waals surface area contributed by atoms with Gasteiger partial charge >= 0.3 is 0 Å². The van der Waals surface area contributed by atoms with Gasteiger partial charge in [0.05, 0.1) is 19.0 Å². The Hall–Kier alpha value is -1.31. The number of hydrogen-bond acceptors (Lipinski definition) is 5. The molecule has 0 spiro atoms. The summed E-state index contributed by atoms with van der Waals surface area (Å²) in [5, 5.41) is 3.59. The Balaban J connectivity index is 1.62. The summed E-state index contributed by atoms with van der Waals surface area (Å²) in [5.74, 6) is 2.26. The molecule has 0 unspecified atom stereocenters. The highest BCUT2D eigenvalue weighted by atomic mass is 32.2. The van der Waals surface area contributed by atoms with Gasteiger partial charge in [-0.25, -0.2) is 13.1 Å². The molecule has 1 aromatic rings. The Morgan fingerprint density at radius 1 is 1.03 bits per heavy atom. The first-order valence-electron chi connectivity index (χ1n) is 11.1. The molecule has 0 saturated heterocycles. The van der Waals surface area contributed by atoms with Crippen molar-refractivity contribution in [3.05, 3.63) is 23.8 Å². The lowest BCUT2D eigenvalue weighted by atomic mass is 9.86. The molecule has 0 bridgehead atoms. The maximum absolute atomic E-state index is 12.3. The Labute approximate surface area is 183 Å². The summed E-state index contributed by atoms with van der Waals surface area (Å²) >= 11 is 0. The topological polar surface area (TPSA) is 76.7 Å². The lowest BCUT2D eigenvalue weighted by Gasteiger charge is -2.31. The van der Waals surface area contributed by atoms with Crippen molar-refractivity contribution in [2.75, 3.05) is 27.3 Å². The number of hydrogen-bond donors (Lipinski definition) is 2. The number of sulfonamides is 1. The number of nitrogens with one attached hydrogen (secondary N) is 2. The Morgan fingerprint density at radius 3 is 2.33 bits per heavy atom. The van der Waals surface area contributed by atoms with Gasteiger partial charge in [0.15, 0.2) is 11.5 Å². The number of benzene rings is 1. The van der Waals surface area contributed by atoms with Crippen molar-refractivity contribution in [1.29, 1.82) is 0 Å². The number of para-hydroxylation sites is 1. The maximum Gasteiger partial charge on any atom is 0.216 e. The number of rotatable bonds is 11. The summed E-state index contributed by atoms with van der Waals surface area (Å²) in [7, 11) is 0.0945. The minimum absolute atomic E-state index is 0.0864. The van der Waals surface area contributed by atoms with E-state index in [-0.39, 0.29) is 6.04 Å². The van der Waals surface area contributed by atoms with Crippen molar-refractivity contribution in [1.82, 2.24) is 10.0 Å². The van der Waals surface area contributed by atoms with E-state index in [1.807, 2.05) is 12.1 Å². The molecule has 172 valence electrons. The van der Waals surface area contributed by atoms with E-state index in [4.69, 9.17) is 9.47 Å². The summed E-state index contributed by atoms with van der Waals surface area (Å²) < 4.78 is 37.6. The predicted molar refractivity (Wildman–Crippen MR) is 123 cm³/mol. The molecule has 0 aliphatic heterocycles. The molecule has 1 aliphatic rings. The monoisotopic (exact) mass is 440 g/mol. The lowest BCUT2D eigenvalue weighted by molar-refractivity contribution is 0.301. The van der Waals surface area contributed by atoms with Gasteiger partial charge in [0.2, 0.25) is 10.0 Å². The molecule has 2 rings (SSSR count). The SMILES string of the molecule is COc1cccc(CCCCNCC2CCC(NS(=O)(=O)C(C)(C)C)CC2)c1OC. The smallest absolute Gasteiger partial charge is 0.216 e. The van der Waals surface area contributed by atoms with E-state index in [1.54, 1.807) is 35.0 Å². The highest BCUT2D eigenvalue weighted by Gasteiger charge is 2.32. The summed E-state index contributed by atoms with van der Waals surface area (Å²) in [4.78, 5) is 0. The van der Waals surface area contributed by atoms with Crippen LogP contribution in [0.3, 0.4) is 0 Å². The lowest BCUT2D eigenvalue weighted by Crippen LogP contribution is -2.46. The second kappa shape index (κ2) is 11.3. The predicted octanol–water partition coefficient (Wildman–Crippen LogP) is 3.89. The van der Waals surface area contributed by atoms with E-state index in [1.165, 1.54) is 5.56 Å². The molecule has 1 aliphatic carbocycles. The van der Waals surface area contributed by atoms with Gasteiger partial charge in [0, 0.05) is 6.04 Å². The van der Waals surface area contributed by atoms with Crippen molar-refractivity contribution >= 4 is 10.0 Å². The zero-order chi connectivity index (χ0) is 22.2. The molecule has 0 aromatic heterocycles. The van der Waals surface area contributed by atoms with E-state index in [9.17, 15) is 8.42 Å². The fourth-order valence-corrected chi connectivity index (χ4v) is 4.93. The molecular weight excluding hydrogens is 400 g/mol. The summed E-state index contributed by atoms with van der Waals surface area (Å²) in [5.41, 5.74) is 1.19. The minimum Gasteiger partial charge on any atom is -0.493 e. The van der Waals surface area contributed by atoms with Gasteiger partial charge in [-0.1, -0.05) is 12.1 Å². The molecule has 2 N–H and O–H groups in total. The van der Waals surface area contributed by atoms with Crippen LogP contribution in [0.5, 0.6) is 11.5 Å². The van der Waals surface area contributed by atoms with Gasteiger partial charge in [-0.2, -0.15) is 0 Å². The van der Waals surface area contributed by atoms with E-state index in [2.05, 4.69) is 16.1 Å². The third-order valence-electron chi connectivity index (χ3n) is 5.94. The van der Waals surface area contributed by atoms with Gasteiger partial charge in [0.25, 0.3) is 0 Å². The zero-order valence-corrected chi connectivity index (χ0v) is 20.1. The fourth-order valence-electron chi connectivity index (χ4n) is 3.90. The Bertz CT molecular complexity index is 751. The van der Waals surface area contributed by atoms with Crippen molar-refractivity contribution in [2.45, 2.75) is 76.5 Å². The van der Waals surface area contributed by atoms with Gasteiger partial charge in [-0.3, -0.25) is 0 Å². The Kier molecular flexibility index (Phi) is 9.44. The molecule has 7 heteroatoms. The third kappa shape index (κ3) is 7.13. The maximum atomic E-state index is 12.3. The molecule has 1 aromatic carbocycles. The van der Waals surface area contributed by atoms with E-state index < -0.39 is 14.8 Å². The van der Waals surface area contributed by atoms with Crippen LogP contribution >= 0.6 is 0 Å². The molecular formula is C23H40N2O4S. The van der Waals surface area contributed by atoms with Crippen molar-refractivity contribution in [2.24, 2.45) is 5.92 Å². The van der Waals surface area contributed by atoms with Crippen molar-refractivity contribution in [3.8, 4) is 11.5 Å². The average Bonchev–Trinajstić information content (AvgIpc) is 2.70. The minimum atomic E-state index is -3.26. The summed E-state index contributed by atoms with van der Waals surface area (Å²) in [6.45, 7) is 7.25. The molecule has 0 atom stereocenters. The van der Waals surface area contributed by atoms with E-state index in [0.717, 1.165) is 69.5 Å². The number of methoxy groups -OCH3 is 2. The van der Waals surface area contributed by atoms with E-state index >= 15 is 0 Å². The Morgan fingerprint density at radius 2 is 1.73 bits per heavy atom. The molecule has 0 radical (unpaired) electrons. The van der Waals surface area contributed by atoms with Crippen LogP contribution in [0.4, 0.5) is 0 Å². The average molecular weight is 441 g/mol. The quantitative estimate of drug-likeness (QED) is 0.511. The first-order chi connectivity index (χ1) is 14.2. The van der Waals surface area contributed by atoms with Crippen molar-refractivity contribution < 1.29 is 17.9 Å². The molecule has 1 saturated carbocycles. The van der Waals surface area contributed by atoms with Crippen LogP contribution in [-0.2, 0) is 16.4 Å². The molecule has 0 amide bonds. The zero-order valence-electron chi connectivity index (χ0n) is 19.3. The number of unbranched alkanes of at least 4 members (excludes halogenated alkanes) is 1. The van der Waals surface area contributed by atoms with Crippen LogP contribution < -0.4 is 19.5 Å². The van der Waals surface area contributed by atoms with Gasteiger partial charge in [-0.05, 0) is 96.4 Å². The molecule has 6 nitrogen and oxygen atoms in total. The molecule has 30 heavy (non-hydrogen) atoms. The van der Waals surface area contributed by atoms with Gasteiger partial charge in [0.1, 0.15) is 0 Å². The van der Waals surface area contributed by atoms with Crippen LogP contribution in [0.1, 0.15) is 64.9 Å². The highest BCUT2D eigenvalue weighted by Crippen LogP contribution is 2.31. The summed E-state index contributed by atoms with van der Waals surface area (Å²) in [6.07, 6.45) is 7.19. The fraction of sp³-hybridized carbons (Fsp3) is 0.739. The largest absolute Gasteiger partial charge is 0.493 e. The van der Waals surface area contributed by atoms with E-state index in [0.29, 0.717) is 5.92 Å². The first-order valence-corrected chi connectivity index (χ1v) is 12.6. The second-order valence-electron chi connectivity index (χ2n) is 9.27. The van der Waals surface area contributed by atoms with Crippen LogP contribution in [0.15, 0.2) is 18.2 Å².